The van der Waals surface area contributed by atoms with E-state index >= 15 is 0 Å². The molecule has 0 saturated heterocycles. The van der Waals surface area contributed by atoms with E-state index in [0.717, 1.165) is 11.1 Å². The number of hydrogen-bond donors (Lipinski definition) is 2. The second kappa shape index (κ2) is 7.35. The number of nitrogens with two attached hydrogens (primary N) is 1. The van der Waals surface area contributed by atoms with Crippen LogP contribution < -0.4 is 20.5 Å². The lowest BCUT2D eigenvalue weighted by Gasteiger charge is -2.08. The van der Waals surface area contributed by atoms with Crippen LogP contribution >= 0.6 is 0 Å². The van der Waals surface area contributed by atoms with Gasteiger partial charge in [0, 0.05) is 17.5 Å². The molecule has 2 aromatic rings. The Balaban J connectivity index is 2.10. The molecule has 0 aliphatic rings. The number of rotatable bonds is 5. The van der Waals surface area contributed by atoms with Gasteiger partial charge in [-0.15, -0.1) is 0 Å². The van der Waals surface area contributed by atoms with Gasteiger partial charge >= 0.3 is 0 Å². The number of carbonyl (C=O) groups is 1. The highest BCUT2D eigenvalue weighted by molar-refractivity contribution is 6.02. The standard InChI is InChI=1S/C18H20N2O3/c1-12-4-7-14(19)11-15(12)20-18(21)9-6-13-5-8-16(22-2)17(10-13)23-3/h4-11H,19H2,1-3H3,(H,20,21)/b9-6+. The molecule has 0 saturated carbocycles. The van der Waals surface area contributed by atoms with Crippen molar-refractivity contribution < 1.29 is 14.3 Å². The third kappa shape index (κ3) is 4.26. The lowest BCUT2D eigenvalue weighted by molar-refractivity contribution is -0.111. The maximum Gasteiger partial charge on any atom is 0.248 e. The van der Waals surface area contributed by atoms with Crippen LogP contribution in [-0.4, -0.2) is 20.1 Å². The summed E-state index contributed by atoms with van der Waals surface area (Å²) >= 11 is 0. The third-order valence-corrected chi connectivity index (χ3v) is 3.35. The van der Waals surface area contributed by atoms with Crippen LogP contribution in [0.2, 0.25) is 0 Å². The summed E-state index contributed by atoms with van der Waals surface area (Å²) in [7, 11) is 3.15. The zero-order chi connectivity index (χ0) is 16.8. The lowest BCUT2D eigenvalue weighted by atomic mass is 10.1. The smallest absolute Gasteiger partial charge is 0.248 e. The van der Waals surface area contributed by atoms with Crippen LogP contribution in [0.4, 0.5) is 11.4 Å². The molecule has 2 rings (SSSR count). The van der Waals surface area contributed by atoms with Crippen molar-refractivity contribution in [3.63, 3.8) is 0 Å². The molecule has 5 heteroatoms. The predicted octanol–water partition coefficient (Wildman–Crippen LogP) is 3.25. The molecular formula is C18H20N2O3. The van der Waals surface area contributed by atoms with E-state index in [1.54, 1.807) is 44.6 Å². The molecule has 2 aromatic carbocycles. The van der Waals surface area contributed by atoms with Gasteiger partial charge in [0.2, 0.25) is 5.91 Å². The summed E-state index contributed by atoms with van der Waals surface area (Å²) in [4.78, 5) is 12.0. The molecule has 120 valence electrons. The maximum atomic E-state index is 12.0. The number of aryl methyl sites for hydroxylation is 1. The molecule has 0 aromatic heterocycles. The molecule has 23 heavy (non-hydrogen) atoms. The molecule has 0 atom stereocenters. The summed E-state index contributed by atoms with van der Waals surface area (Å²) in [6.07, 6.45) is 3.17. The van der Waals surface area contributed by atoms with Gasteiger partial charge in [-0.2, -0.15) is 0 Å². The minimum absolute atomic E-state index is 0.228. The van der Waals surface area contributed by atoms with Crippen molar-refractivity contribution in [3.8, 4) is 11.5 Å². The van der Waals surface area contributed by atoms with E-state index in [4.69, 9.17) is 15.2 Å². The van der Waals surface area contributed by atoms with Crippen molar-refractivity contribution in [2.75, 3.05) is 25.3 Å². The van der Waals surface area contributed by atoms with Gasteiger partial charge in [-0.1, -0.05) is 12.1 Å². The van der Waals surface area contributed by atoms with E-state index < -0.39 is 0 Å². The Morgan fingerprint density at radius 2 is 1.83 bits per heavy atom. The maximum absolute atomic E-state index is 12.0. The lowest BCUT2D eigenvalue weighted by Crippen LogP contribution is -2.09. The van der Waals surface area contributed by atoms with Crippen molar-refractivity contribution in [1.29, 1.82) is 0 Å². The largest absolute Gasteiger partial charge is 0.493 e. The average Bonchev–Trinajstić information content (AvgIpc) is 2.56. The average molecular weight is 312 g/mol. The zero-order valence-electron chi connectivity index (χ0n) is 13.4. The Morgan fingerprint density at radius 3 is 2.52 bits per heavy atom. The highest BCUT2D eigenvalue weighted by Crippen LogP contribution is 2.28. The van der Waals surface area contributed by atoms with E-state index in [-0.39, 0.29) is 5.91 Å². The van der Waals surface area contributed by atoms with Crippen LogP contribution in [0.25, 0.3) is 6.08 Å². The van der Waals surface area contributed by atoms with Gasteiger partial charge < -0.3 is 20.5 Å². The van der Waals surface area contributed by atoms with Gasteiger partial charge in [0.1, 0.15) is 0 Å². The number of carbonyl (C=O) groups excluding carboxylic acids is 1. The number of benzene rings is 2. The number of nitrogens with one attached hydrogen (secondary N) is 1. The summed E-state index contributed by atoms with van der Waals surface area (Å²) in [5.41, 5.74) is 8.83. The normalized spacial score (nSPS) is 10.6. The molecule has 5 nitrogen and oxygen atoms in total. The molecule has 0 unspecified atom stereocenters. The number of hydrogen-bond acceptors (Lipinski definition) is 4. The van der Waals surface area contributed by atoms with Gasteiger partial charge in [-0.05, 0) is 48.4 Å². The molecule has 0 fully saturated rings. The molecule has 0 radical (unpaired) electrons. The molecule has 0 spiro atoms. The first-order valence-electron chi connectivity index (χ1n) is 7.10. The van der Waals surface area contributed by atoms with Gasteiger partial charge in [0.05, 0.1) is 14.2 Å². The molecule has 3 N–H and O–H groups in total. The first-order valence-corrected chi connectivity index (χ1v) is 7.10. The number of anilines is 2. The number of amides is 1. The minimum Gasteiger partial charge on any atom is -0.493 e. The molecule has 0 aliphatic heterocycles. The molecule has 0 aliphatic carbocycles. The highest BCUT2D eigenvalue weighted by Gasteiger charge is 2.04. The van der Waals surface area contributed by atoms with Crippen LogP contribution in [0, 0.1) is 6.92 Å². The van der Waals surface area contributed by atoms with Crippen LogP contribution in [0.1, 0.15) is 11.1 Å². The Hall–Kier alpha value is -2.95. The van der Waals surface area contributed by atoms with Crippen LogP contribution in [0.15, 0.2) is 42.5 Å². The summed E-state index contributed by atoms with van der Waals surface area (Å²) in [5.74, 6) is 1.03. The van der Waals surface area contributed by atoms with E-state index in [9.17, 15) is 4.79 Å². The SMILES string of the molecule is COc1ccc(/C=C/C(=O)Nc2cc(N)ccc2C)cc1OC. The van der Waals surface area contributed by atoms with E-state index in [0.29, 0.717) is 22.9 Å². The van der Waals surface area contributed by atoms with Crippen molar-refractivity contribution in [2.45, 2.75) is 6.92 Å². The zero-order valence-corrected chi connectivity index (χ0v) is 13.4. The van der Waals surface area contributed by atoms with Gasteiger partial charge in [-0.3, -0.25) is 4.79 Å². The first kappa shape index (κ1) is 16.4. The third-order valence-electron chi connectivity index (χ3n) is 3.35. The van der Waals surface area contributed by atoms with Crippen molar-refractivity contribution in [1.82, 2.24) is 0 Å². The summed E-state index contributed by atoms with van der Waals surface area (Å²) in [6.45, 7) is 1.91. The molecular weight excluding hydrogens is 292 g/mol. The Morgan fingerprint density at radius 1 is 1.09 bits per heavy atom. The predicted molar refractivity (Wildman–Crippen MR) is 92.8 cm³/mol. The summed E-state index contributed by atoms with van der Waals surface area (Å²) < 4.78 is 10.4. The summed E-state index contributed by atoms with van der Waals surface area (Å²) in [6, 6.07) is 10.8. The monoisotopic (exact) mass is 312 g/mol. The van der Waals surface area contributed by atoms with E-state index in [1.165, 1.54) is 6.08 Å². The van der Waals surface area contributed by atoms with Crippen molar-refractivity contribution in [2.24, 2.45) is 0 Å². The van der Waals surface area contributed by atoms with Crippen molar-refractivity contribution in [3.05, 3.63) is 53.6 Å². The van der Waals surface area contributed by atoms with Crippen molar-refractivity contribution >= 4 is 23.4 Å². The first-order chi connectivity index (χ1) is 11.0. The fourth-order valence-electron chi connectivity index (χ4n) is 2.08. The second-order valence-corrected chi connectivity index (χ2v) is 5.01. The van der Waals surface area contributed by atoms with Gasteiger partial charge in [0.25, 0.3) is 0 Å². The summed E-state index contributed by atoms with van der Waals surface area (Å²) in [5, 5.41) is 2.81. The Bertz CT molecular complexity index is 739. The number of nitrogen functional groups attached to an aromatic ring is 1. The quantitative estimate of drug-likeness (QED) is 0.656. The fourth-order valence-corrected chi connectivity index (χ4v) is 2.08. The molecule has 1 amide bonds. The highest BCUT2D eigenvalue weighted by atomic mass is 16.5. The van der Waals surface area contributed by atoms with Crippen LogP contribution in [0.5, 0.6) is 11.5 Å². The van der Waals surface area contributed by atoms with Gasteiger partial charge in [-0.25, -0.2) is 0 Å². The van der Waals surface area contributed by atoms with E-state index in [1.807, 2.05) is 19.1 Å². The van der Waals surface area contributed by atoms with Crippen LogP contribution in [0.3, 0.4) is 0 Å². The Labute approximate surface area is 135 Å². The van der Waals surface area contributed by atoms with Gasteiger partial charge in [0.15, 0.2) is 11.5 Å². The molecule has 0 heterocycles. The Kier molecular flexibility index (Phi) is 5.25. The molecule has 0 bridgehead atoms. The van der Waals surface area contributed by atoms with E-state index in [2.05, 4.69) is 5.32 Å². The topological polar surface area (TPSA) is 73.6 Å². The minimum atomic E-state index is -0.228. The number of ether oxygens (including phenoxy) is 2. The second-order valence-electron chi connectivity index (χ2n) is 5.01. The van der Waals surface area contributed by atoms with Crippen LogP contribution in [-0.2, 0) is 4.79 Å². The fraction of sp³-hybridized carbons (Fsp3) is 0.167. The number of methoxy groups -OCH3 is 2.